The molecule has 0 aliphatic heterocycles. The van der Waals surface area contributed by atoms with Crippen molar-refractivity contribution in [2.75, 3.05) is 18.4 Å². The fourth-order valence-electron chi connectivity index (χ4n) is 0.889. The van der Waals surface area contributed by atoms with Gasteiger partial charge in [0.25, 0.3) is 0 Å². The third-order valence-electron chi connectivity index (χ3n) is 1.47. The van der Waals surface area contributed by atoms with E-state index < -0.39 is 0 Å². The molecule has 0 radical (unpaired) electrons. The number of carbonyl (C=O) groups excluding carboxylic acids is 1. The quantitative estimate of drug-likeness (QED) is 0.575. The van der Waals surface area contributed by atoms with Crippen LogP contribution in [0.5, 0.6) is 0 Å². The molecule has 13 heavy (non-hydrogen) atoms. The molecule has 1 rings (SSSR count). The van der Waals surface area contributed by atoms with E-state index in [1.165, 1.54) is 0 Å². The SMILES string of the molecule is CCCNCC(=O)Nc1ncc[nH]1. The number of aromatic amines is 1. The van der Waals surface area contributed by atoms with E-state index in [1.807, 2.05) is 0 Å². The first-order chi connectivity index (χ1) is 6.33. The summed E-state index contributed by atoms with van der Waals surface area (Å²) < 4.78 is 0. The van der Waals surface area contributed by atoms with Crippen LogP contribution in [0.25, 0.3) is 0 Å². The molecule has 0 aliphatic carbocycles. The van der Waals surface area contributed by atoms with Crippen LogP contribution in [0.15, 0.2) is 12.4 Å². The van der Waals surface area contributed by atoms with Crippen LogP contribution in [0, 0.1) is 0 Å². The lowest BCUT2D eigenvalue weighted by atomic mass is 10.4. The van der Waals surface area contributed by atoms with E-state index >= 15 is 0 Å². The average Bonchev–Trinajstić information content (AvgIpc) is 2.57. The van der Waals surface area contributed by atoms with Crippen molar-refractivity contribution < 1.29 is 4.79 Å². The molecule has 72 valence electrons. The highest BCUT2D eigenvalue weighted by Gasteiger charge is 2.01. The number of anilines is 1. The molecule has 0 atom stereocenters. The van der Waals surface area contributed by atoms with Gasteiger partial charge in [-0.1, -0.05) is 6.92 Å². The minimum absolute atomic E-state index is 0.0802. The fourth-order valence-corrected chi connectivity index (χ4v) is 0.889. The molecule has 1 aromatic heterocycles. The van der Waals surface area contributed by atoms with Gasteiger partial charge in [-0.3, -0.25) is 10.1 Å². The van der Waals surface area contributed by atoms with Crippen LogP contribution in [0.3, 0.4) is 0 Å². The van der Waals surface area contributed by atoms with Gasteiger partial charge in [-0.15, -0.1) is 0 Å². The Balaban J connectivity index is 2.18. The molecule has 3 N–H and O–H groups in total. The third-order valence-corrected chi connectivity index (χ3v) is 1.47. The average molecular weight is 182 g/mol. The predicted octanol–water partition coefficient (Wildman–Crippen LogP) is 0.348. The highest BCUT2D eigenvalue weighted by atomic mass is 16.2. The molecule has 5 heteroatoms. The highest BCUT2D eigenvalue weighted by molar-refractivity contribution is 5.90. The van der Waals surface area contributed by atoms with Crippen LogP contribution in [0.1, 0.15) is 13.3 Å². The number of amides is 1. The summed E-state index contributed by atoms with van der Waals surface area (Å²) in [6, 6.07) is 0. The Labute approximate surface area is 76.9 Å². The predicted molar refractivity (Wildman–Crippen MR) is 50.4 cm³/mol. The smallest absolute Gasteiger partial charge is 0.240 e. The van der Waals surface area contributed by atoms with E-state index in [0.29, 0.717) is 12.5 Å². The molecule has 0 saturated carbocycles. The van der Waals surface area contributed by atoms with Gasteiger partial charge in [-0.05, 0) is 13.0 Å². The van der Waals surface area contributed by atoms with Gasteiger partial charge >= 0.3 is 0 Å². The number of hydrogen-bond acceptors (Lipinski definition) is 3. The van der Waals surface area contributed by atoms with Crippen molar-refractivity contribution in [2.24, 2.45) is 0 Å². The molecule has 1 aromatic rings. The van der Waals surface area contributed by atoms with Crippen molar-refractivity contribution in [2.45, 2.75) is 13.3 Å². The molecular weight excluding hydrogens is 168 g/mol. The van der Waals surface area contributed by atoms with Gasteiger partial charge in [-0.25, -0.2) is 4.98 Å². The van der Waals surface area contributed by atoms with Gasteiger partial charge in [0.05, 0.1) is 6.54 Å². The molecule has 0 bridgehead atoms. The second kappa shape index (κ2) is 5.31. The van der Waals surface area contributed by atoms with Crippen molar-refractivity contribution >= 4 is 11.9 Å². The standard InChI is InChI=1S/C8H14N4O/c1-2-3-9-6-7(13)12-8-10-4-5-11-8/h4-5,9H,2-3,6H2,1H3,(H2,10,11,12,13). The Morgan fingerprint density at radius 3 is 3.15 bits per heavy atom. The normalized spacial score (nSPS) is 9.92. The van der Waals surface area contributed by atoms with E-state index in [0.717, 1.165) is 13.0 Å². The van der Waals surface area contributed by atoms with E-state index in [1.54, 1.807) is 12.4 Å². The molecule has 0 fully saturated rings. The first kappa shape index (κ1) is 9.73. The summed E-state index contributed by atoms with van der Waals surface area (Å²) in [5.74, 6) is 0.409. The summed E-state index contributed by atoms with van der Waals surface area (Å²) in [6.07, 6.45) is 4.28. The number of imidazole rings is 1. The second-order valence-electron chi connectivity index (χ2n) is 2.66. The molecule has 0 aromatic carbocycles. The molecule has 0 spiro atoms. The molecule has 5 nitrogen and oxygen atoms in total. The van der Waals surface area contributed by atoms with Gasteiger partial charge in [0.2, 0.25) is 11.9 Å². The number of nitrogens with zero attached hydrogens (tertiary/aromatic N) is 1. The molecule has 0 saturated heterocycles. The Morgan fingerprint density at radius 2 is 2.54 bits per heavy atom. The van der Waals surface area contributed by atoms with E-state index in [2.05, 4.69) is 27.5 Å². The Hall–Kier alpha value is -1.36. The zero-order valence-corrected chi connectivity index (χ0v) is 7.63. The molecular formula is C8H14N4O. The lowest BCUT2D eigenvalue weighted by Crippen LogP contribution is -2.28. The van der Waals surface area contributed by atoms with Crippen molar-refractivity contribution in [1.82, 2.24) is 15.3 Å². The van der Waals surface area contributed by atoms with Crippen LogP contribution < -0.4 is 10.6 Å². The minimum atomic E-state index is -0.0802. The first-order valence-corrected chi connectivity index (χ1v) is 4.33. The minimum Gasteiger partial charge on any atom is -0.331 e. The second-order valence-corrected chi connectivity index (χ2v) is 2.66. The number of aromatic nitrogens is 2. The zero-order chi connectivity index (χ0) is 9.52. The van der Waals surface area contributed by atoms with Gasteiger partial charge in [0.15, 0.2) is 0 Å². The van der Waals surface area contributed by atoms with Gasteiger partial charge in [0.1, 0.15) is 0 Å². The summed E-state index contributed by atoms with van der Waals surface area (Å²) in [5.41, 5.74) is 0. The van der Waals surface area contributed by atoms with Crippen molar-refractivity contribution in [3.8, 4) is 0 Å². The lowest BCUT2D eigenvalue weighted by molar-refractivity contribution is -0.115. The van der Waals surface area contributed by atoms with Crippen LogP contribution in [-0.4, -0.2) is 29.0 Å². The summed E-state index contributed by atoms with van der Waals surface area (Å²) in [4.78, 5) is 17.8. The zero-order valence-electron chi connectivity index (χ0n) is 7.63. The van der Waals surface area contributed by atoms with Crippen LogP contribution in [0.2, 0.25) is 0 Å². The van der Waals surface area contributed by atoms with E-state index in [4.69, 9.17) is 0 Å². The van der Waals surface area contributed by atoms with Crippen molar-refractivity contribution in [1.29, 1.82) is 0 Å². The Morgan fingerprint density at radius 1 is 1.69 bits per heavy atom. The summed E-state index contributed by atoms with van der Waals surface area (Å²) >= 11 is 0. The monoisotopic (exact) mass is 182 g/mol. The van der Waals surface area contributed by atoms with Gasteiger partial charge < -0.3 is 10.3 Å². The number of nitrogens with one attached hydrogen (secondary N) is 3. The molecule has 1 heterocycles. The largest absolute Gasteiger partial charge is 0.331 e. The Kier molecular flexibility index (Phi) is 3.98. The lowest BCUT2D eigenvalue weighted by Gasteiger charge is -2.02. The first-order valence-electron chi connectivity index (χ1n) is 4.33. The summed E-state index contributed by atoms with van der Waals surface area (Å²) in [5, 5.41) is 5.61. The van der Waals surface area contributed by atoms with Crippen molar-refractivity contribution in [3.05, 3.63) is 12.4 Å². The number of rotatable bonds is 5. The molecule has 0 unspecified atom stereocenters. The van der Waals surface area contributed by atoms with Crippen LogP contribution in [0.4, 0.5) is 5.95 Å². The topological polar surface area (TPSA) is 69.8 Å². The number of H-pyrrole nitrogens is 1. The van der Waals surface area contributed by atoms with Crippen molar-refractivity contribution in [3.63, 3.8) is 0 Å². The maximum atomic E-state index is 11.2. The highest BCUT2D eigenvalue weighted by Crippen LogP contribution is 1.93. The van der Waals surface area contributed by atoms with Gasteiger partial charge in [-0.2, -0.15) is 0 Å². The maximum absolute atomic E-state index is 11.2. The molecule has 0 aliphatic rings. The summed E-state index contributed by atoms with van der Waals surface area (Å²) in [6.45, 7) is 3.23. The van der Waals surface area contributed by atoms with E-state index in [-0.39, 0.29) is 5.91 Å². The number of hydrogen-bond donors (Lipinski definition) is 3. The van der Waals surface area contributed by atoms with Crippen LogP contribution >= 0.6 is 0 Å². The van der Waals surface area contributed by atoms with E-state index in [9.17, 15) is 4.79 Å². The van der Waals surface area contributed by atoms with Crippen LogP contribution in [-0.2, 0) is 4.79 Å². The maximum Gasteiger partial charge on any atom is 0.240 e. The van der Waals surface area contributed by atoms with Gasteiger partial charge in [0, 0.05) is 12.4 Å². The molecule has 1 amide bonds. The summed E-state index contributed by atoms with van der Waals surface area (Å²) in [7, 11) is 0. The number of carbonyl (C=O) groups is 1. The third kappa shape index (κ3) is 3.71. The Bertz CT molecular complexity index is 245. The fraction of sp³-hybridized carbons (Fsp3) is 0.500.